The summed E-state index contributed by atoms with van der Waals surface area (Å²) in [6.07, 6.45) is 0.992. The van der Waals surface area contributed by atoms with Gasteiger partial charge in [-0.1, -0.05) is 30.3 Å². The van der Waals surface area contributed by atoms with E-state index in [0.717, 1.165) is 5.56 Å². The first-order valence-corrected chi connectivity index (χ1v) is 7.55. The summed E-state index contributed by atoms with van der Waals surface area (Å²) >= 11 is 0. The summed E-state index contributed by atoms with van der Waals surface area (Å²) in [5.41, 5.74) is 0.708. The Bertz CT molecular complexity index is 488. The maximum Gasteiger partial charge on any atom is 0.317 e. The van der Waals surface area contributed by atoms with Gasteiger partial charge in [0, 0.05) is 31.5 Å². The lowest BCUT2D eigenvalue weighted by Gasteiger charge is -2.54. The van der Waals surface area contributed by atoms with Crippen molar-refractivity contribution >= 4 is 6.03 Å². The molecule has 0 bridgehead atoms. The summed E-state index contributed by atoms with van der Waals surface area (Å²) in [7, 11) is 0. The Hall–Kier alpha value is -1.59. The van der Waals surface area contributed by atoms with Gasteiger partial charge < -0.3 is 20.4 Å². The molecule has 1 heterocycles. The molecule has 1 aromatic carbocycles. The Morgan fingerprint density at radius 1 is 1.19 bits per heavy atom. The number of urea groups is 1. The number of aliphatic hydroxyl groups is 2. The van der Waals surface area contributed by atoms with Gasteiger partial charge in [-0.05, 0) is 18.4 Å². The monoisotopic (exact) mass is 290 g/mol. The van der Waals surface area contributed by atoms with Crippen LogP contribution in [0.2, 0.25) is 0 Å². The van der Waals surface area contributed by atoms with E-state index in [4.69, 9.17) is 0 Å². The molecule has 5 nitrogen and oxygen atoms in total. The summed E-state index contributed by atoms with van der Waals surface area (Å²) in [5.74, 6) is 0. The zero-order chi connectivity index (χ0) is 14.9. The number of nitrogens with zero attached hydrogens (tertiary/aromatic N) is 1. The third-order valence-corrected chi connectivity index (χ3v) is 5.04. The number of carbonyl (C=O) groups excluding carboxylic acids is 1. The summed E-state index contributed by atoms with van der Waals surface area (Å²) in [4.78, 5) is 13.9. The average Bonchev–Trinajstić information content (AvgIpc) is 2.54. The van der Waals surface area contributed by atoms with Crippen LogP contribution in [0.15, 0.2) is 30.3 Å². The van der Waals surface area contributed by atoms with Gasteiger partial charge >= 0.3 is 6.03 Å². The first-order valence-electron chi connectivity index (χ1n) is 7.55. The fraction of sp³-hybridized carbons (Fsp3) is 0.562. The molecule has 1 spiro atoms. The average molecular weight is 290 g/mol. The minimum absolute atomic E-state index is 0.0722. The molecule has 1 aromatic rings. The Morgan fingerprint density at radius 3 is 2.38 bits per heavy atom. The fourth-order valence-corrected chi connectivity index (χ4v) is 3.42. The van der Waals surface area contributed by atoms with Crippen LogP contribution in [0.3, 0.4) is 0 Å². The quantitative estimate of drug-likeness (QED) is 0.764. The van der Waals surface area contributed by atoms with E-state index >= 15 is 0 Å². The highest BCUT2D eigenvalue weighted by Gasteiger charge is 2.55. The molecule has 2 aliphatic rings. The number of nitrogens with one attached hydrogen (secondary N) is 1. The van der Waals surface area contributed by atoms with Crippen molar-refractivity contribution in [3.63, 3.8) is 0 Å². The van der Waals surface area contributed by atoms with Gasteiger partial charge in [-0.15, -0.1) is 0 Å². The predicted octanol–water partition coefficient (Wildman–Crippen LogP) is 1.10. The van der Waals surface area contributed by atoms with E-state index < -0.39 is 12.2 Å². The largest absolute Gasteiger partial charge is 0.392 e. The second-order valence-corrected chi connectivity index (χ2v) is 6.13. The van der Waals surface area contributed by atoms with Gasteiger partial charge in [0.25, 0.3) is 0 Å². The fourth-order valence-electron chi connectivity index (χ4n) is 3.42. The molecule has 3 rings (SSSR count). The number of hydrogen-bond acceptors (Lipinski definition) is 3. The highest BCUT2D eigenvalue weighted by atomic mass is 16.3. The zero-order valence-electron chi connectivity index (χ0n) is 12.0. The topological polar surface area (TPSA) is 72.8 Å². The SMILES string of the molecule is O=C(NCc1ccccc1)N1CCC2(CC1)[C@H](O)C[C@@H]2O. The van der Waals surface area contributed by atoms with Crippen LogP contribution in [0, 0.1) is 5.41 Å². The van der Waals surface area contributed by atoms with Crippen LogP contribution in [0.4, 0.5) is 4.79 Å². The second kappa shape index (κ2) is 5.66. The number of rotatable bonds is 2. The van der Waals surface area contributed by atoms with E-state index in [0.29, 0.717) is 38.9 Å². The van der Waals surface area contributed by atoms with Gasteiger partial charge in [0.1, 0.15) is 0 Å². The molecule has 1 saturated heterocycles. The Labute approximate surface area is 124 Å². The third kappa shape index (κ3) is 2.63. The van der Waals surface area contributed by atoms with Gasteiger partial charge in [-0.2, -0.15) is 0 Å². The van der Waals surface area contributed by atoms with Crippen LogP contribution in [0.25, 0.3) is 0 Å². The van der Waals surface area contributed by atoms with Crippen molar-refractivity contribution in [2.75, 3.05) is 13.1 Å². The molecule has 0 aromatic heterocycles. The lowest BCUT2D eigenvalue weighted by atomic mass is 9.58. The number of amides is 2. The first kappa shape index (κ1) is 14.4. The van der Waals surface area contributed by atoms with Gasteiger partial charge in [0.2, 0.25) is 0 Å². The van der Waals surface area contributed by atoms with E-state index in [1.165, 1.54) is 0 Å². The van der Waals surface area contributed by atoms with Gasteiger partial charge in [-0.25, -0.2) is 4.79 Å². The van der Waals surface area contributed by atoms with Crippen LogP contribution in [-0.2, 0) is 6.54 Å². The van der Waals surface area contributed by atoms with Crippen LogP contribution in [0.5, 0.6) is 0 Å². The molecular weight excluding hydrogens is 268 g/mol. The molecule has 0 unspecified atom stereocenters. The molecule has 1 aliphatic heterocycles. The lowest BCUT2D eigenvalue weighted by Crippen LogP contribution is -2.62. The first-order chi connectivity index (χ1) is 10.1. The van der Waals surface area contributed by atoms with Crippen molar-refractivity contribution in [1.29, 1.82) is 0 Å². The van der Waals surface area contributed by atoms with Crippen molar-refractivity contribution < 1.29 is 15.0 Å². The van der Waals surface area contributed by atoms with E-state index in [9.17, 15) is 15.0 Å². The van der Waals surface area contributed by atoms with Crippen LogP contribution in [-0.4, -0.2) is 46.4 Å². The minimum Gasteiger partial charge on any atom is -0.392 e. The van der Waals surface area contributed by atoms with E-state index in [-0.39, 0.29) is 11.4 Å². The Balaban J connectivity index is 1.49. The molecule has 2 atom stereocenters. The van der Waals surface area contributed by atoms with Crippen LogP contribution >= 0.6 is 0 Å². The molecule has 2 fully saturated rings. The Kier molecular flexibility index (Phi) is 3.87. The van der Waals surface area contributed by atoms with Gasteiger partial charge in [0.15, 0.2) is 0 Å². The summed E-state index contributed by atoms with van der Waals surface area (Å²) in [5, 5.41) is 22.7. The van der Waals surface area contributed by atoms with Crippen LogP contribution < -0.4 is 5.32 Å². The predicted molar refractivity (Wildman–Crippen MR) is 78.5 cm³/mol. The second-order valence-electron chi connectivity index (χ2n) is 6.13. The molecule has 114 valence electrons. The number of hydrogen-bond donors (Lipinski definition) is 3. The molecule has 2 amide bonds. The number of piperidine rings is 1. The summed E-state index contributed by atoms with van der Waals surface area (Å²) in [6.45, 7) is 1.70. The molecule has 5 heteroatoms. The summed E-state index contributed by atoms with van der Waals surface area (Å²) in [6, 6.07) is 9.73. The van der Waals surface area contributed by atoms with Crippen molar-refractivity contribution in [3.8, 4) is 0 Å². The molecule has 1 aliphatic carbocycles. The number of likely N-dealkylation sites (tertiary alicyclic amines) is 1. The number of benzene rings is 1. The van der Waals surface area contributed by atoms with E-state index in [1.54, 1.807) is 4.90 Å². The molecule has 3 N–H and O–H groups in total. The van der Waals surface area contributed by atoms with Gasteiger partial charge in [-0.3, -0.25) is 0 Å². The Morgan fingerprint density at radius 2 is 1.81 bits per heavy atom. The van der Waals surface area contributed by atoms with Crippen molar-refractivity contribution in [1.82, 2.24) is 10.2 Å². The van der Waals surface area contributed by atoms with Crippen molar-refractivity contribution in [2.24, 2.45) is 5.41 Å². The number of carbonyl (C=O) groups is 1. The highest BCUT2D eigenvalue weighted by molar-refractivity contribution is 5.74. The molecule has 21 heavy (non-hydrogen) atoms. The normalized spacial score (nSPS) is 27.2. The molecule has 0 radical (unpaired) electrons. The van der Waals surface area contributed by atoms with Crippen molar-refractivity contribution in [3.05, 3.63) is 35.9 Å². The highest BCUT2D eigenvalue weighted by Crippen LogP contribution is 2.49. The summed E-state index contributed by atoms with van der Waals surface area (Å²) < 4.78 is 0. The van der Waals surface area contributed by atoms with E-state index in [2.05, 4.69) is 5.32 Å². The molecule has 1 saturated carbocycles. The van der Waals surface area contributed by atoms with Gasteiger partial charge in [0.05, 0.1) is 12.2 Å². The standard InChI is InChI=1S/C16H22N2O3/c19-13-10-14(20)16(13)6-8-18(9-7-16)15(21)17-11-12-4-2-1-3-5-12/h1-5,13-14,19-20H,6-11H2,(H,17,21)/t13-,14+. The van der Waals surface area contributed by atoms with E-state index in [1.807, 2.05) is 30.3 Å². The number of aliphatic hydroxyl groups excluding tert-OH is 2. The smallest absolute Gasteiger partial charge is 0.317 e. The zero-order valence-corrected chi connectivity index (χ0v) is 12.0. The maximum absolute atomic E-state index is 12.1. The lowest BCUT2D eigenvalue weighted by molar-refractivity contribution is -0.186. The maximum atomic E-state index is 12.1. The molecular formula is C16H22N2O3. The van der Waals surface area contributed by atoms with Crippen LogP contribution in [0.1, 0.15) is 24.8 Å². The van der Waals surface area contributed by atoms with Crippen molar-refractivity contribution in [2.45, 2.75) is 38.0 Å². The third-order valence-electron chi connectivity index (χ3n) is 5.04. The minimum atomic E-state index is -0.415.